The molecular weight excluding hydrogens is 443 g/mol. The molecule has 0 aliphatic heterocycles. The monoisotopic (exact) mass is 457 g/mol. The van der Waals surface area contributed by atoms with E-state index in [1.54, 1.807) is 6.07 Å². The van der Waals surface area contributed by atoms with E-state index in [0.29, 0.717) is 23.9 Å². The second kappa shape index (κ2) is 9.73. The van der Waals surface area contributed by atoms with Gasteiger partial charge in [-0.25, -0.2) is 9.78 Å². The molecule has 0 bridgehead atoms. The fourth-order valence-electron chi connectivity index (χ4n) is 2.47. The Bertz CT molecular complexity index is 1050. The van der Waals surface area contributed by atoms with Crippen LogP contribution in [-0.2, 0) is 20.4 Å². The maximum absolute atomic E-state index is 12.9. The van der Waals surface area contributed by atoms with Crippen LogP contribution in [0.25, 0.3) is 0 Å². The summed E-state index contributed by atoms with van der Waals surface area (Å²) >= 11 is 0.588. The molecule has 164 valence electrons. The number of carbonyl (C=O) groups excluding carboxylic acids is 1. The molecule has 0 amide bonds. The minimum Gasteiger partial charge on any atom is -0.465 e. The molecule has 9 nitrogen and oxygen atoms in total. The predicted octanol–water partition coefficient (Wildman–Crippen LogP) is 4.11. The molecular formula is C18H14F3N3O6S. The summed E-state index contributed by atoms with van der Waals surface area (Å²) in [5.41, 5.74) is -2.39. The molecule has 0 saturated heterocycles. The van der Waals surface area contributed by atoms with E-state index in [4.69, 9.17) is 9.47 Å². The number of alkyl halides is 3. The van der Waals surface area contributed by atoms with Gasteiger partial charge in [-0.2, -0.15) is 18.4 Å². The fourth-order valence-corrected chi connectivity index (χ4v) is 3.41. The highest BCUT2D eigenvalue weighted by Crippen LogP contribution is 2.40. The highest BCUT2D eigenvalue weighted by molar-refractivity contribution is 7.99. The molecule has 1 aromatic heterocycles. The molecule has 0 atom stereocenters. The molecule has 1 aromatic carbocycles. The van der Waals surface area contributed by atoms with E-state index in [-0.39, 0.29) is 26.7 Å². The molecule has 0 unspecified atom stereocenters. The number of benzene rings is 1. The first-order valence-electron chi connectivity index (χ1n) is 8.19. The Kier molecular flexibility index (Phi) is 7.55. The molecule has 0 spiro atoms. The van der Waals surface area contributed by atoms with Crippen LogP contribution < -0.4 is 0 Å². The average molecular weight is 457 g/mol. The first kappa shape index (κ1) is 24.1. The number of ether oxygens (including phenoxy) is 3. The molecule has 2 rings (SSSR count). The van der Waals surface area contributed by atoms with Gasteiger partial charge in [-0.15, -0.1) is 0 Å². The molecule has 2 aromatic rings. The Hall–Kier alpha value is -3.21. The van der Waals surface area contributed by atoms with Gasteiger partial charge in [0.1, 0.15) is 16.8 Å². The van der Waals surface area contributed by atoms with E-state index >= 15 is 0 Å². The predicted molar refractivity (Wildman–Crippen MR) is 99.3 cm³/mol. The Morgan fingerprint density at radius 1 is 1.26 bits per heavy atom. The van der Waals surface area contributed by atoms with Crippen LogP contribution in [0.1, 0.15) is 33.5 Å². The topological polar surface area (TPSA) is 125 Å². The van der Waals surface area contributed by atoms with E-state index in [9.17, 15) is 33.3 Å². The lowest BCUT2D eigenvalue weighted by molar-refractivity contribution is -0.388. The number of rotatable bonds is 7. The van der Waals surface area contributed by atoms with Gasteiger partial charge in [0.05, 0.1) is 33.6 Å². The van der Waals surface area contributed by atoms with Crippen molar-refractivity contribution in [2.75, 3.05) is 21.3 Å². The number of aromatic nitrogens is 1. The maximum Gasteiger partial charge on any atom is 0.416 e. The minimum atomic E-state index is -4.77. The van der Waals surface area contributed by atoms with Crippen LogP contribution in [-0.4, -0.2) is 37.2 Å². The summed E-state index contributed by atoms with van der Waals surface area (Å²) in [6, 6.07) is 4.92. The Labute approximate surface area is 177 Å². The highest BCUT2D eigenvalue weighted by Gasteiger charge is 2.33. The van der Waals surface area contributed by atoms with E-state index in [1.165, 1.54) is 14.2 Å². The first-order chi connectivity index (χ1) is 14.6. The number of nitro groups is 1. The lowest BCUT2D eigenvalue weighted by Gasteiger charge is -2.17. The van der Waals surface area contributed by atoms with Gasteiger partial charge in [0.15, 0.2) is 0 Å². The second-order valence-electron chi connectivity index (χ2n) is 5.72. The fraction of sp³-hybridized carbons (Fsp3) is 0.278. The van der Waals surface area contributed by atoms with Crippen molar-refractivity contribution in [2.45, 2.75) is 22.4 Å². The number of esters is 1. The number of nitro benzene ring substituents is 1. The van der Waals surface area contributed by atoms with Crippen LogP contribution >= 0.6 is 11.8 Å². The highest BCUT2D eigenvalue weighted by atomic mass is 32.2. The van der Waals surface area contributed by atoms with Crippen LogP contribution in [0.3, 0.4) is 0 Å². The van der Waals surface area contributed by atoms with Gasteiger partial charge >= 0.3 is 12.1 Å². The molecule has 0 N–H and O–H groups in total. The van der Waals surface area contributed by atoms with Crippen molar-refractivity contribution in [1.29, 1.82) is 5.26 Å². The SMILES string of the molecule is COC(=O)c1cc(C#N)c(Sc2ccc(C(F)(F)F)cc2[N+](=O)[O-])nc1C(OC)OC. The quantitative estimate of drug-likeness (QED) is 0.261. The van der Waals surface area contributed by atoms with Gasteiger partial charge < -0.3 is 14.2 Å². The van der Waals surface area contributed by atoms with Crippen molar-refractivity contribution < 1.29 is 37.1 Å². The third kappa shape index (κ3) is 5.29. The van der Waals surface area contributed by atoms with Gasteiger partial charge in [-0.3, -0.25) is 10.1 Å². The summed E-state index contributed by atoms with van der Waals surface area (Å²) in [6.07, 6.45) is -5.92. The normalized spacial score (nSPS) is 11.3. The van der Waals surface area contributed by atoms with Gasteiger partial charge in [0.25, 0.3) is 5.69 Å². The van der Waals surface area contributed by atoms with Crippen molar-refractivity contribution in [3.8, 4) is 6.07 Å². The minimum absolute atomic E-state index is 0.0760. The summed E-state index contributed by atoms with van der Waals surface area (Å²) in [5.74, 6) is -0.838. The number of hydrogen-bond donors (Lipinski definition) is 0. The van der Waals surface area contributed by atoms with Crippen molar-refractivity contribution in [3.05, 3.63) is 56.8 Å². The first-order valence-corrected chi connectivity index (χ1v) is 9.01. The number of pyridine rings is 1. The third-order valence-corrected chi connectivity index (χ3v) is 4.95. The summed E-state index contributed by atoms with van der Waals surface area (Å²) in [4.78, 5) is 26.4. The van der Waals surface area contributed by atoms with Crippen molar-refractivity contribution >= 4 is 23.4 Å². The van der Waals surface area contributed by atoms with Crippen LogP contribution in [0.4, 0.5) is 18.9 Å². The zero-order valence-corrected chi connectivity index (χ0v) is 17.0. The summed E-state index contributed by atoms with van der Waals surface area (Å²) in [7, 11) is 3.65. The largest absolute Gasteiger partial charge is 0.465 e. The Morgan fingerprint density at radius 2 is 1.90 bits per heavy atom. The molecule has 1 heterocycles. The maximum atomic E-state index is 12.9. The smallest absolute Gasteiger partial charge is 0.416 e. The molecule has 0 fully saturated rings. The van der Waals surface area contributed by atoms with E-state index < -0.39 is 34.6 Å². The molecule has 0 radical (unpaired) electrons. The zero-order chi connectivity index (χ0) is 23.3. The molecule has 13 heteroatoms. The van der Waals surface area contributed by atoms with Gasteiger partial charge in [0, 0.05) is 20.3 Å². The summed E-state index contributed by atoms with van der Waals surface area (Å²) in [5, 5.41) is 20.7. The Morgan fingerprint density at radius 3 is 2.39 bits per heavy atom. The van der Waals surface area contributed by atoms with Crippen LogP contribution in [0, 0.1) is 21.4 Å². The number of methoxy groups -OCH3 is 3. The van der Waals surface area contributed by atoms with Gasteiger partial charge in [-0.1, -0.05) is 11.8 Å². The van der Waals surface area contributed by atoms with Crippen molar-refractivity contribution in [2.24, 2.45) is 0 Å². The molecule has 0 saturated carbocycles. The van der Waals surface area contributed by atoms with E-state index in [1.807, 2.05) is 0 Å². The van der Waals surface area contributed by atoms with Crippen molar-refractivity contribution in [1.82, 2.24) is 4.98 Å². The zero-order valence-electron chi connectivity index (χ0n) is 16.2. The van der Waals surface area contributed by atoms with E-state index in [0.717, 1.165) is 19.2 Å². The number of carbonyl (C=O) groups is 1. The average Bonchev–Trinajstić information content (AvgIpc) is 2.73. The second-order valence-corrected chi connectivity index (χ2v) is 6.75. The number of nitriles is 1. The van der Waals surface area contributed by atoms with Gasteiger partial charge in [-0.05, 0) is 18.2 Å². The van der Waals surface area contributed by atoms with Crippen LogP contribution in [0.5, 0.6) is 0 Å². The number of hydrogen-bond acceptors (Lipinski definition) is 9. The molecule has 0 aliphatic rings. The van der Waals surface area contributed by atoms with Crippen molar-refractivity contribution in [3.63, 3.8) is 0 Å². The lowest BCUT2D eigenvalue weighted by Crippen LogP contribution is -2.15. The standard InChI is InChI=1S/C18H14F3N3O6S/c1-28-16(25)11-6-9(8-22)15(23-14(11)17(29-2)30-3)31-13-5-4-10(18(19,20)21)7-12(13)24(26)27/h4-7,17H,1-3H3. The summed E-state index contributed by atoms with van der Waals surface area (Å²) < 4.78 is 53.6. The number of nitrogens with zero attached hydrogens (tertiary/aromatic N) is 3. The summed E-state index contributed by atoms with van der Waals surface area (Å²) in [6.45, 7) is 0. The number of halogens is 3. The van der Waals surface area contributed by atoms with Crippen LogP contribution in [0.15, 0.2) is 34.2 Å². The Balaban J connectivity index is 2.66. The lowest BCUT2D eigenvalue weighted by atomic mass is 10.1. The van der Waals surface area contributed by atoms with Crippen LogP contribution in [0.2, 0.25) is 0 Å². The molecule has 0 aliphatic carbocycles. The third-order valence-electron chi connectivity index (χ3n) is 3.88. The molecule has 31 heavy (non-hydrogen) atoms. The van der Waals surface area contributed by atoms with E-state index in [2.05, 4.69) is 9.72 Å². The van der Waals surface area contributed by atoms with Gasteiger partial charge in [0.2, 0.25) is 6.29 Å².